The number of benzene rings is 1. The predicted octanol–water partition coefficient (Wildman–Crippen LogP) is 2.36. The minimum Gasteiger partial charge on any atom is -0.344 e. The van der Waals surface area contributed by atoms with Gasteiger partial charge in [-0.25, -0.2) is 8.42 Å². The van der Waals surface area contributed by atoms with Crippen LogP contribution in [0.4, 0.5) is 0 Å². The van der Waals surface area contributed by atoms with Gasteiger partial charge in [-0.2, -0.15) is 4.31 Å². The maximum absolute atomic E-state index is 13.0. The van der Waals surface area contributed by atoms with E-state index in [4.69, 9.17) is 11.6 Å². The molecule has 0 saturated carbocycles. The first-order valence-corrected chi connectivity index (χ1v) is 11.7. The van der Waals surface area contributed by atoms with E-state index >= 15 is 0 Å². The second-order valence-corrected chi connectivity index (χ2v) is 10.4. The van der Waals surface area contributed by atoms with Crippen molar-refractivity contribution in [2.75, 3.05) is 26.2 Å². The highest BCUT2D eigenvalue weighted by atomic mass is 35.5. The molecular weight excluding hydrogens is 414 g/mol. The summed E-state index contributed by atoms with van der Waals surface area (Å²) in [5.74, 6) is -0.170. The zero-order chi connectivity index (χ0) is 21.8. The number of hydrogen-bond donors (Lipinski definition) is 1. The van der Waals surface area contributed by atoms with E-state index in [1.807, 2.05) is 27.7 Å². The summed E-state index contributed by atoms with van der Waals surface area (Å²) in [5, 5.41) is 3.20. The topological polar surface area (TPSA) is 86.8 Å². The van der Waals surface area contributed by atoms with Crippen LogP contribution in [0.5, 0.6) is 0 Å². The van der Waals surface area contributed by atoms with Crippen LogP contribution in [0.25, 0.3) is 0 Å². The third kappa shape index (κ3) is 6.17. The molecule has 1 aromatic rings. The monoisotopic (exact) mass is 443 g/mol. The average molecular weight is 444 g/mol. The molecule has 0 bridgehead atoms. The van der Waals surface area contributed by atoms with Gasteiger partial charge in [0.25, 0.3) is 0 Å². The number of nitrogens with zero attached hydrogens (tertiary/aromatic N) is 2. The van der Waals surface area contributed by atoms with Gasteiger partial charge < -0.3 is 10.2 Å². The fourth-order valence-electron chi connectivity index (χ4n) is 3.24. The number of nitrogens with one attached hydrogen (secondary N) is 1. The van der Waals surface area contributed by atoms with Crippen molar-refractivity contribution in [3.8, 4) is 0 Å². The van der Waals surface area contributed by atoms with Crippen molar-refractivity contribution in [1.29, 1.82) is 0 Å². The molecule has 1 heterocycles. The van der Waals surface area contributed by atoms with Gasteiger partial charge in [0, 0.05) is 37.6 Å². The third-order valence-corrected chi connectivity index (χ3v) is 6.96. The first-order chi connectivity index (χ1) is 13.5. The number of carbonyl (C=O) groups is 2. The lowest BCUT2D eigenvalue weighted by molar-refractivity contribution is -0.138. The first-order valence-electron chi connectivity index (χ1n) is 9.86. The number of amides is 2. The smallest absolute Gasteiger partial charge is 0.245 e. The zero-order valence-corrected chi connectivity index (χ0v) is 19.0. The molecule has 1 unspecified atom stereocenters. The van der Waals surface area contributed by atoms with Gasteiger partial charge in [-0.15, -0.1) is 0 Å². The first kappa shape index (κ1) is 23.6. The molecule has 2 amide bonds. The van der Waals surface area contributed by atoms with Crippen LogP contribution in [-0.2, 0) is 19.6 Å². The van der Waals surface area contributed by atoms with Gasteiger partial charge in [-0.05, 0) is 30.0 Å². The van der Waals surface area contributed by atoms with E-state index in [0.29, 0.717) is 11.4 Å². The van der Waals surface area contributed by atoms with Gasteiger partial charge in [-0.3, -0.25) is 9.59 Å². The Morgan fingerprint density at radius 3 is 2.24 bits per heavy atom. The molecule has 1 aliphatic heterocycles. The van der Waals surface area contributed by atoms with Crippen LogP contribution in [0.15, 0.2) is 29.2 Å². The van der Waals surface area contributed by atoms with Crippen molar-refractivity contribution < 1.29 is 18.0 Å². The SMILES string of the molecule is CC(C)CC(=O)NC(C(=O)N1CCN(S(=O)(=O)c2cccc(Cl)c2)CC1)C(C)C. The fraction of sp³-hybridized carbons (Fsp3) is 0.600. The molecule has 0 aromatic heterocycles. The Morgan fingerprint density at radius 1 is 1.10 bits per heavy atom. The summed E-state index contributed by atoms with van der Waals surface area (Å²) < 4.78 is 27.0. The number of hydrogen-bond acceptors (Lipinski definition) is 4. The van der Waals surface area contributed by atoms with E-state index in [-0.39, 0.29) is 54.7 Å². The fourth-order valence-corrected chi connectivity index (χ4v) is 4.96. The second kappa shape index (κ2) is 9.91. The molecule has 29 heavy (non-hydrogen) atoms. The number of halogens is 1. The van der Waals surface area contributed by atoms with Crippen molar-refractivity contribution in [3.05, 3.63) is 29.3 Å². The van der Waals surface area contributed by atoms with Gasteiger partial charge in [0.05, 0.1) is 4.90 Å². The highest BCUT2D eigenvalue weighted by molar-refractivity contribution is 7.89. The van der Waals surface area contributed by atoms with Crippen LogP contribution in [0.2, 0.25) is 5.02 Å². The zero-order valence-electron chi connectivity index (χ0n) is 17.4. The number of carbonyl (C=O) groups excluding carboxylic acids is 2. The van der Waals surface area contributed by atoms with Crippen LogP contribution in [0.3, 0.4) is 0 Å². The molecule has 1 saturated heterocycles. The van der Waals surface area contributed by atoms with Crippen molar-refractivity contribution in [3.63, 3.8) is 0 Å². The number of piperazine rings is 1. The Labute approximate surface area is 178 Å². The maximum atomic E-state index is 13.0. The van der Waals surface area contributed by atoms with Crippen LogP contribution in [0.1, 0.15) is 34.1 Å². The van der Waals surface area contributed by atoms with Gasteiger partial charge in [0.2, 0.25) is 21.8 Å². The molecule has 1 atom stereocenters. The summed E-state index contributed by atoms with van der Waals surface area (Å²) in [6.45, 7) is 8.63. The van der Waals surface area contributed by atoms with E-state index in [2.05, 4.69) is 5.32 Å². The Morgan fingerprint density at radius 2 is 1.72 bits per heavy atom. The molecular formula is C20H30ClN3O4S. The Bertz CT molecular complexity index is 834. The van der Waals surface area contributed by atoms with Crippen LogP contribution < -0.4 is 5.32 Å². The quantitative estimate of drug-likeness (QED) is 0.700. The van der Waals surface area contributed by atoms with Crippen molar-refractivity contribution >= 4 is 33.4 Å². The third-order valence-electron chi connectivity index (χ3n) is 4.83. The summed E-state index contributed by atoms with van der Waals surface area (Å²) in [5.41, 5.74) is 0. The minimum atomic E-state index is -3.66. The maximum Gasteiger partial charge on any atom is 0.245 e. The average Bonchev–Trinajstić information content (AvgIpc) is 2.65. The second-order valence-electron chi connectivity index (χ2n) is 8.07. The molecule has 9 heteroatoms. The molecule has 7 nitrogen and oxygen atoms in total. The summed E-state index contributed by atoms with van der Waals surface area (Å²) in [4.78, 5) is 26.9. The highest BCUT2D eigenvalue weighted by Crippen LogP contribution is 2.21. The summed E-state index contributed by atoms with van der Waals surface area (Å²) in [6.07, 6.45) is 0.363. The van der Waals surface area contributed by atoms with Gasteiger partial charge in [0.15, 0.2) is 0 Å². The van der Waals surface area contributed by atoms with Crippen LogP contribution in [0, 0.1) is 11.8 Å². The molecule has 0 radical (unpaired) electrons. The predicted molar refractivity (Wildman–Crippen MR) is 113 cm³/mol. The van der Waals surface area contributed by atoms with Gasteiger partial charge >= 0.3 is 0 Å². The molecule has 162 valence electrons. The van der Waals surface area contributed by atoms with Crippen LogP contribution in [-0.4, -0.2) is 61.7 Å². The van der Waals surface area contributed by atoms with Crippen molar-refractivity contribution in [1.82, 2.24) is 14.5 Å². The largest absolute Gasteiger partial charge is 0.344 e. The lowest BCUT2D eigenvalue weighted by Gasteiger charge is -2.36. The molecule has 0 aliphatic carbocycles. The summed E-state index contributed by atoms with van der Waals surface area (Å²) in [7, 11) is -3.66. The van der Waals surface area contributed by atoms with Crippen molar-refractivity contribution in [2.45, 2.75) is 45.1 Å². The molecule has 2 rings (SSSR count). The van der Waals surface area contributed by atoms with E-state index < -0.39 is 16.1 Å². The van der Waals surface area contributed by atoms with E-state index in [1.165, 1.54) is 16.4 Å². The highest BCUT2D eigenvalue weighted by Gasteiger charge is 2.34. The molecule has 1 aromatic carbocycles. The molecule has 1 fully saturated rings. The molecule has 1 N–H and O–H groups in total. The number of sulfonamides is 1. The lowest BCUT2D eigenvalue weighted by atomic mass is 10.0. The minimum absolute atomic E-state index is 0.0631. The van der Waals surface area contributed by atoms with Gasteiger partial charge in [-0.1, -0.05) is 45.4 Å². The van der Waals surface area contributed by atoms with E-state index in [1.54, 1.807) is 17.0 Å². The summed E-state index contributed by atoms with van der Waals surface area (Å²) in [6, 6.07) is 5.54. The Kier molecular flexibility index (Phi) is 8.08. The normalized spacial score (nSPS) is 16.9. The molecule has 0 spiro atoms. The Hall–Kier alpha value is -1.64. The Balaban J connectivity index is 2.03. The van der Waals surface area contributed by atoms with Crippen molar-refractivity contribution in [2.24, 2.45) is 11.8 Å². The van der Waals surface area contributed by atoms with Crippen LogP contribution >= 0.6 is 11.6 Å². The number of rotatable bonds is 7. The van der Waals surface area contributed by atoms with E-state index in [9.17, 15) is 18.0 Å². The lowest BCUT2D eigenvalue weighted by Crippen LogP contribution is -2.57. The van der Waals surface area contributed by atoms with E-state index in [0.717, 1.165) is 0 Å². The standard InChI is InChI=1S/C20H30ClN3O4S/c1-14(2)12-18(25)22-19(15(3)4)20(26)23-8-10-24(11-9-23)29(27,28)17-7-5-6-16(21)13-17/h5-7,13-15,19H,8-12H2,1-4H3,(H,22,25). The summed E-state index contributed by atoms with van der Waals surface area (Å²) >= 11 is 5.92. The van der Waals surface area contributed by atoms with Gasteiger partial charge in [0.1, 0.15) is 6.04 Å². The molecule has 1 aliphatic rings.